The van der Waals surface area contributed by atoms with E-state index in [1.54, 1.807) is 0 Å². The third-order valence-corrected chi connectivity index (χ3v) is 3.17. The number of nitrogens with two attached hydrogens (primary N) is 1. The lowest BCUT2D eigenvalue weighted by atomic mass is 10.2. The molecule has 2 nitrogen and oxygen atoms in total. The van der Waals surface area contributed by atoms with Crippen molar-refractivity contribution in [2.45, 2.75) is 10.1 Å². The molecule has 3 heteroatoms. The maximum absolute atomic E-state index is 10.9. The molecule has 1 aromatic rings. The van der Waals surface area contributed by atoms with Gasteiger partial charge in [0, 0.05) is 4.90 Å². The van der Waals surface area contributed by atoms with E-state index in [0.29, 0.717) is 0 Å². The van der Waals surface area contributed by atoms with E-state index in [9.17, 15) is 4.79 Å². The van der Waals surface area contributed by atoms with E-state index in [4.69, 9.17) is 5.73 Å². The van der Waals surface area contributed by atoms with E-state index < -0.39 is 0 Å². The highest BCUT2D eigenvalue weighted by Crippen LogP contribution is 2.32. The zero-order valence-corrected chi connectivity index (χ0v) is 7.75. The zero-order valence-electron chi connectivity index (χ0n) is 6.94. The van der Waals surface area contributed by atoms with Crippen LogP contribution in [0.3, 0.4) is 0 Å². The van der Waals surface area contributed by atoms with Gasteiger partial charge < -0.3 is 5.73 Å². The van der Waals surface area contributed by atoms with Gasteiger partial charge in [0.05, 0.1) is 0 Å². The normalized spacial score (nSPS) is 19.5. The predicted octanol–water partition coefficient (Wildman–Crippen LogP) is 1.66. The lowest BCUT2D eigenvalue weighted by Crippen LogP contribution is -2.24. The molecule has 1 aliphatic rings. The molecule has 0 spiro atoms. The van der Waals surface area contributed by atoms with Crippen molar-refractivity contribution in [2.24, 2.45) is 5.73 Å². The van der Waals surface area contributed by atoms with Crippen LogP contribution in [-0.4, -0.2) is 11.2 Å². The van der Waals surface area contributed by atoms with Gasteiger partial charge in [0.15, 0.2) is 0 Å². The van der Waals surface area contributed by atoms with Crippen molar-refractivity contribution in [3.05, 3.63) is 35.9 Å². The Labute approximate surface area is 80.8 Å². The van der Waals surface area contributed by atoms with E-state index in [1.807, 2.05) is 36.4 Å². The van der Waals surface area contributed by atoms with E-state index in [0.717, 1.165) is 10.5 Å². The molecule has 1 amide bonds. The summed E-state index contributed by atoms with van der Waals surface area (Å²) in [6.45, 7) is 0. The first kappa shape index (κ1) is 8.38. The van der Waals surface area contributed by atoms with Crippen molar-refractivity contribution < 1.29 is 4.79 Å². The van der Waals surface area contributed by atoms with Gasteiger partial charge in [0.25, 0.3) is 0 Å². The number of benzene rings is 1. The van der Waals surface area contributed by atoms with Crippen molar-refractivity contribution >= 4 is 23.7 Å². The molecule has 1 atom stereocenters. The molecule has 0 aliphatic carbocycles. The first-order valence-corrected chi connectivity index (χ1v) is 4.88. The van der Waals surface area contributed by atoms with Gasteiger partial charge in [0.1, 0.15) is 5.25 Å². The Morgan fingerprint density at radius 3 is 2.92 bits per heavy atom. The van der Waals surface area contributed by atoms with Crippen LogP contribution >= 0.6 is 11.8 Å². The average molecular weight is 191 g/mol. The van der Waals surface area contributed by atoms with Crippen LogP contribution in [0.2, 0.25) is 0 Å². The Kier molecular flexibility index (Phi) is 2.10. The van der Waals surface area contributed by atoms with Crippen LogP contribution in [0.1, 0.15) is 5.56 Å². The molecule has 0 aromatic heterocycles. The molecule has 1 heterocycles. The number of thioether (sulfide) groups is 1. The molecule has 1 aromatic carbocycles. The van der Waals surface area contributed by atoms with Gasteiger partial charge in [-0.3, -0.25) is 4.79 Å². The topological polar surface area (TPSA) is 43.1 Å². The molecule has 66 valence electrons. The van der Waals surface area contributed by atoms with Gasteiger partial charge >= 0.3 is 0 Å². The van der Waals surface area contributed by atoms with E-state index in [2.05, 4.69) is 0 Å². The minimum Gasteiger partial charge on any atom is -0.368 e. The third-order valence-electron chi connectivity index (χ3n) is 1.90. The molecule has 0 unspecified atom stereocenters. The molecular formula is C10H9NOS. The first-order chi connectivity index (χ1) is 6.27. The Bertz CT molecular complexity index is 373. The molecule has 2 N–H and O–H groups in total. The summed E-state index contributed by atoms with van der Waals surface area (Å²) in [5.74, 6) is -0.282. The van der Waals surface area contributed by atoms with Crippen LogP contribution < -0.4 is 5.73 Å². The quantitative estimate of drug-likeness (QED) is 0.733. The minimum absolute atomic E-state index is 0.213. The highest BCUT2D eigenvalue weighted by Gasteiger charge is 2.17. The Hall–Kier alpha value is -1.22. The Morgan fingerprint density at radius 1 is 1.38 bits per heavy atom. The summed E-state index contributed by atoms with van der Waals surface area (Å²) in [5.41, 5.74) is 6.37. The number of amides is 1. The second-order valence-corrected chi connectivity index (χ2v) is 4.02. The molecule has 0 bridgehead atoms. The lowest BCUT2D eigenvalue weighted by molar-refractivity contribution is -0.116. The molecule has 0 saturated carbocycles. The fraction of sp³-hybridized carbons (Fsp3) is 0.100. The van der Waals surface area contributed by atoms with E-state index in [1.165, 1.54) is 11.8 Å². The number of primary amides is 1. The summed E-state index contributed by atoms with van der Waals surface area (Å²) < 4.78 is 0. The summed E-state index contributed by atoms with van der Waals surface area (Å²) in [5, 5.41) is -0.213. The Morgan fingerprint density at radius 2 is 2.15 bits per heavy atom. The van der Waals surface area contributed by atoms with Gasteiger partial charge in [-0.05, 0) is 11.6 Å². The standard InChI is InChI=1S/C10H9NOS/c11-10(12)9-6-5-7-3-1-2-4-8(7)13-9/h1-6,9H,(H2,11,12)/t9-/m0/s1. The molecular weight excluding hydrogens is 182 g/mol. The number of hydrogen-bond donors (Lipinski definition) is 1. The second-order valence-electron chi connectivity index (χ2n) is 2.84. The largest absolute Gasteiger partial charge is 0.368 e. The number of carbonyl (C=O) groups excluding carboxylic acids is 1. The SMILES string of the molecule is NC(=O)[C@@H]1C=Cc2ccccc2S1. The third kappa shape index (κ3) is 1.60. The average Bonchev–Trinajstić information content (AvgIpc) is 2.17. The maximum Gasteiger partial charge on any atom is 0.234 e. The molecule has 2 rings (SSSR count). The second kappa shape index (κ2) is 3.26. The Balaban J connectivity index is 2.34. The van der Waals surface area contributed by atoms with Gasteiger partial charge in [-0.1, -0.05) is 30.4 Å². The molecule has 0 radical (unpaired) electrons. The fourth-order valence-corrected chi connectivity index (χ4v) is 2.22. The summed E-state index contributed by atoms with van der Waals surface area (Å²) >= 11 is 1.50. The monoisotopic (exact) mass is 191 g/mol. The van der Waals surface area contributed by atoms with Gasteiger partial charge in [0.2, 0.25) is 5.91 Å². The number of fused-ring (bicyclic) bond motifs is 1. The smallest absolute Gasteiger partial charge is 0.234 e. The van der Waals surface area contributed by atoms with Crippen molar-refractivity contribution in [3.8, 4) is 0 Å². The molecule has 0 fully saturated rings. The van der Waals surface area contributed by atoms with Crippen molar-refractivity contribution in [1.82, 2.24) is 0 Å². The number of rotatable bonds is 1. The predicted molar refractivity (Wildman–Crippen MR) is 54.3 cm³/mol. The molecule has 13 heavy (non-hydrogen) atoms. The van der Waals surface area contributed by atoms with Crippen LogP contribution in [0.15, 0.2) is 35.2 Å². The highest BCUT2D eigenvalue weighted by atomic mass is 32.2. The van der Waals surface area contributed by atoms with Crippen LogP contribution in [0.4, 0.5) is 0 Å². The zero-order chi connectivity index (χ0) is 9.26. The van der Waals surface area contributed by atoms with Crippen molar-refractivity contribution in [2.75, 3.05) is 0 Å². The van der Waals surface area contributed by atoms with Crippen LogP contribution in [0, 0.1) is 0 Å². The van der Waals surface area contributed by atoms with Gasteiger partial charge in [-0.15, -0.1) is 11.8 Å². The first-order valence-electron chi connectivity index (χ1n) is 4.00. The molecule has 1 aliphatic heterocycles. The van der Waals surface area contributed by atoms with Gasteiger partial charge in [-0.25, -0.2) is 0 Å². The van der Waals surface area contributed by atoms with Crippen LogP contribution in [0.5, 0.6) is 0 Å². The summed E-state index contributed by atoms with van der Waals surface area (Å²) in [6.07, 6.45) is 3.79. The number of hydrogen-bond acceptors (Lipinski definition) is 2. The number of carbonyl (C=O) groups is 1. The lowest BCUT2D eigenvalue weighted by Gasteiger charge is -2.15. The van der Waals surface area contributed by atoms with Crippen molar-refractivity contribution in [3.63, 3.8) is 0 Å². The minimum atomic E-state index is -0.282. The van der Waals surface area contributed by atoms with E-state index in [-0.39, 0.29) is 11.2 Å². The fourth-order valence-electron chi connectivity index (χ4n) is 1.25. The highest BCUT2D eigenvalue weighted by molar-refractivity contribution is 8.01. The maximum atomic E-state index is 10.9. The summed E-state index contributed by atoms with van der Waals surface area (Å²) in [7, 11) is 0. The van der Waals surface area contributed by atoms with Gasteiger partial charge in [-0.2, -0.15) is 0 Å². The summed E-state index contributed by atoms with van der Waals surface area (Å²) in [6, 6.07) is 7.97. The summed E-state index contributed by atoms with van der Waals surface area (Å²) in [4.78, 5) is 12.0. The van der Waals surface area contributed by atoms with Crippen molar-refractivity contribution in [1.29, 1.82) is 0 Å². The van der Waals surface area contributed by atoms with Crippen LogP contribution in [-0.2, 0) is 4.79 Å². The van der Waals surface area contributed by atoms with Crippen LogP contribution in [0.25, 0.3) is 6.08 Å². The van der Waals surface area contributed by atoms with E-state index >= 15 is 0 Å². The molecule has 0 saturated heterocycles.